The maximum absolute atomic E-state index is 12.3. The number of alkyl halides is 3. The number of ether oxygens (including phenoxy) is 3. The number of nitrogens with zero attached hydrogens (tertiary/aromatic N) is 3. The van der Waals surface area contributed by atoms with E-state index in [1.54, 1.807) is 30.5 Å². The van der Waals surface area contributed by atoms with Gasteiger partial charge in [-0.05, 0) is 67.3 Å². The van der Waals surface area contributed by atoms with E-state index >= 15 is 0 Å². The maximum atomic E-state index is 12.3. The molecule has 4 rings (SSSR count). The molecule has 0 saturated carbocycles. The fourth-order valence-corrected chi connectivity index (χ4v) is 3.45. The molecule has 0 aliphatic carbocycles. The van der Waals surface area contributed by atoms with Crippen LogP contribution < -0.4 is 14.8 Å². The van der Waals surface area contributed by atoms with Gasteiger partial charge in [0.05, 0.1) is 11.9 Å². The Labute approximate surface area is 193 Å². The molecule has 3 aromatic rings. The van der Waals surface area contributed by atoms with Crippen molar-refractivity contribution in [1.82, 2.24) is 20.3 Å². The molecule has 1 aromatic heterocycles. The van der Waals surface area contributed by atoms with Crippen molar-refractivity contribution >= 4 is 5.91 Å². The van der Waals surface area contributed by atoms with Gasteiger partial charge in [0.15, 0.2) is 6.61 Å². The van der Waals surface area contributed by atoms with Crippen LogP contribution in [0.1, 0.15) is 12.8 Å². The van der Waals surface area contributed by atoms with Crippen molar-refractivity contribution in [3.63, 3.8) is 0 Å². The molecule has 8 nitrogen and oxygen atoms in total. The molecular formula is C23H23F3N4O4. The zero-order chi connectivity index (χ0) is 24.0. The first kappa shape index (κ1) is 23.6. The normalized spacial score (nSPS) is 14.6. The van der Waals surface area contributed by atoms with Gasteiger partial charge in [0.25, 0.3) is 5.91 Å². The molecule has 0 radical (unpaired) electrons. The number of benzene rings is 2. The summed E-state index contributed by atoms with van der Waals surface area (Å²) >= 11 is 0. The summed E-state index contributed by atoms with van der Waals surface area (Å²) < 4.78 is 53.1. The number of amides is 1. The lowest BCUT2D eigenvalue weighted by molar-refractivity contribution is -0.274. The highest BCUT2D eigenvalue weighted by Gasteiger charge is 2.31. The zero-order valence-corrected chi connectivity index (χ0v) is 18.1. The van der Waals surface area contributed by atoms with Gasteiger partial charge in [-0.15, -0.1) is 18.3 Å². The summed E-state index contributed by atoms with van der Waals surface area (Å²) in [6.45, 7) is 2.01. The zero-order valence-electron chi connectivity index (χ0n) is 18.1. The van der Waals surface area contributed by atoms with Crippen LogP contribution in [0.25, 0.3) is 16.9 Å². The molecule has 1 saturated heterocycles. The summed E-state index contributed by atoms with van der Waals surface area (Å²) in [4.78, 5) is 12.0. The summed E-state index contributed by atoms with van der Waals surface area (Å²) in [6, 6.07) is 12.3. The molecule has 1 aliphatic heterocycles. The molecule has 2 aromatic carbocycles. The number of carbonyl (C=O) groups excluding carboxylic acids is 1. The first-order chi connectivity index (χ1) is 16.4. The highest BCUT2D eigenvalue weighted by molar-refractivity contribution is 5.77. The van der Waals surface area contributed by atoms with Crippen molar-refractivity contribution in [3.8, 4) is 28.4 Å². The van der Waals surface area contributed by atoms with Gasteiger partial charge in [0, 0.05) is 25.3 Å². The number of hydrogen-bond donors (Lipinski definition) is 1. The monoisotopic (exact) mass is 476 g/mol. The summed E-state index contributed by atoms with van der Waals surface area (Å²) in [5.74, 6) is 0.487. The van der Waals surface area contributed by atoms with Gasteiger partial charge < -0.3 is 19.5 Å². The van der Waals surface area contributed by atoms with Crippen molar-refractivity contribution in [3.05, 3.63) is 54.7 Å². The van der Waals surface area contributed by atoms with Crippen LogP contribution in [0, 0.1) is 5.92 Å². The van der Waals surface area contributed by atoms with Crippen LogP contribution in [0.15, 0.2) is 54.7 Å². The van der Waals surface area contributed by atoms with Crippen LogP contribution in [-0.2, 0) is 9.53 Å². The van der Waals surface area contributed by atoms with Gasteiger partial charge in [-0.3, -0.25) is 4.79 Å². The number of halogens is 3. The minimum atomic E-state index is -4.74. The standard InChI is InChI=1S/C23H23F3N4O4/c24-23(25,26)34-20-5-1-17(2-6-20)21-14-30(29-28-21)18-3-7-19(8-4-18)33-15-22(31)27-13-16-9-11-32-12-10-16/h1-8,14,16H,9-13,15H2,(H,27,31). The second-order valence-corrected chi connectivity index (χ2v) is 7.76. The predicted octanol–water partition coefficient (Wildman–Crippen LogP) is 3.75. The third kappa shape index (κ3) is 6.70. The molecule has 34 heavy (non-hydrogen) atoms. The Morgan fingerprint density at radius 1 is 1.06 bits per heavy atom. The smallest absolute Gasteiger partial charge is 0.484 e. The fourth-order valence-electron chi connectivity index (χ4n) is 3.45. The highest BCUT2D eigenvalue weighted by atomic mass is 19.4. The SMILES string of the molecule is O=C(COc1ccc(-n2cc(-c3ccc(OC(F)(F)F)cc3)nn2)cc1)NCC1CCOCC1. The van der Waals surface area contributed by atoms with Gasteiger partial charge in [-0.1, -0.05) is 5.21 Å². The lowest BCUT2D eigenvalue weighted by Crippen LogP contribution is -2.35. The Hall–Kier alpha value is -3.60. The summed E-state index contributed by atoms with van der Waals surface area (Å²) in [5.41, 5.74) is 1.78. The molecule has 1 aliphatic rings. The number of carbonyl (C=O) groups is 1. The van der Waals surface area contributed by atoms with E-state index in [0.717, 1.165) is 26.1 Å². The second kappa shape index (κ2) is 10.6. The number of rotatable bonds is 8. The van der Waals surface area contributed by atoms with E-state index in [2.05, 4.69) is 20.4 Å². The maximum Gasteiger partial charge on any atom is 0.573 e. The van der Waals surface area contributed by atoms with Gasteiger partial charge in [-0.2, -0.15) is 0 Å². The van der Waals surface area contributed by atoms with Crippen molar-refractivity contribution in [2.45, 2.75) is 19.2 Å². The summed E-state index contributed by atoms with van der Waals surface area (Å²) in [7, 11) is 0. The van der Waals surface area contributed by atoms with E-state index < -0.39 is 6.36 Å². The van der Waals surface area contributed by atoms with E-state index in [9.17, 15) is 18.0 Å². The predicted molar refractivity (Wildman–Crippen MR) is 116 cm³/mol. The summed E-state index contributed by atoms with van der Waals surface area (Å²) in [5, 5.41) is 11.0. The minimum Gasteiger partial charge on any atom is -0.484 e. The molecule has 11 heteroatoms. The Bertz CT molecular complexity index is 1080. The average molecular weight is 476 g/mol. The third-order valence-electron chi connectivity index (χ3n) is 5.28. The van der Waals surface area contributed by atoms with E-state index in [4.69, 9.17) is 9.47 Å². The molecule has 180 valence electrons. The Kier molecular flexibility index (Phi) is 7.31. The van der Waals surface area contributed by atoms with Crippen LogP contribution >= 0.6 is 0 Å². The fraction of sp³-hybridized carbons (Fsp3) is 0.348. The Morgan fingerprint density at radius 3 is 2.41 bits per heavy atom. The van der Waals surface area contributed by atoms with Crippen LogP contribution in [0.3, 0.4) is 0 Å². The third-order valence-corrected chi connectivity index (χ3v) is 5.28. The van der Waals surface area contributed by atoms with Crippen LogP contribution in [0.4, 0.5) is 13.2 Å². The lowest BCUT2D eigenvalue weighted by atomic mass is 10.0. The van der Waals surface area contributed by atoms with Gasteiger partial charge in [-0.25, -0.2) is 4.68 Å². The average Bonchev–Trinajstić information content (AvgIpc) is 3.32. The number of aromatic nitrogens is 3. The van der Waals surface area contributed by atoms with Gasteiger partial charge in [0.1, 0.15) is 17.2 Å². The molecule has 0 unspecified atom stereocenters. The molecule has 1 N–H and O–H groups in total. The Balaban J connectivity index is 1.29. The molecule has 1 fully saturated rings. The highest BCUT2D eigenvalue weighted by Crippen LogP contribution is 2.26. The molecule has 1 amide bonds. The van der Waals surface area contributed by atoms with Gasteiger partial charge in [0.2, 0.25) is 0 Å². The molecule has 0 bridgehead atoms. The van der Waals surface area contributed by atoms with Crippen molar-refractivity contribution in [1.29, 1.82) is 0 Å². The van der Waals surface area contributed by atoms with Gasteiger partial charge >= 0.3 is 6.36 Å². The Morgan fingerprint density at radius 2 is 1.74 bits per heavy atom. The molecule has 0 atom stereocenters. The molecule has 2 heterocycles. The lowest BCUT2D eigenvalue weighted by Gasteiger charge is -2.22. The molecular weight excluding hydrogens is 453 g/mol. The number of nitrogens with one attached hydrogen (secondary N) is 1. The van der Waals surface area contributed by atoms with Crippen LogP contribution in [0.2, 0.25) is 0 Å². The van der Waals surface area contributed by atoms with E-state index in [1.165, 1.54) is 28.9 Å². The first-order valence-electron chi connectivity index (χ1n) is 10.7. The largest absolute Gasteiger partial charge is 0.573 e. The topological polar surface area (TPSA) is 87.5 Å². The number of hydrogen-bond acceptors (Lipinski definition) is 6. The van der Waals surface area contributed by atoms with Crippen LogP contribution in [-0.4, -0.2) is 53.6 Å². The van der Waals surface area contributed by atoms with E-state index in [1.807, 2.05) is 0 Å². The van der Waals surface area contributed by atoms with E-state index in [0.29, 0.717) is 35.2 Å². The quantitative estimate of drug-likeness (QED) is 0.533. The first-order valence-corrected chi connectivity index (χ1v) is 10.7. The summed E-state index contributed by atoms with van der Waals surface area (Å²) in [6.07, 6.45) is -1.19. The second-order valence-electron chi connectivity index (χ2n) is 7.76. The van der Waals surface area contributed by atoms with Crippen molar-refractivity contribution < 1.29 is 32.2 Å². The van der Waals surface area contributed by atoms with Crippen LogP contribution in [0.5, 0.6) is 11.5 Å². The van der Waals surface area contributed by atoms with Crippen molar-refractivity contribution in [2.24, 2.45) is 5.92 Å². The van der Waals surface area contributed by atoms with Crippen molar-refractivity contribution in [2.75, 3.05) is 26.4 Å². The minimum absolute atomic E-state index is 0.0793. The van der Waals surface area contributed by atoms with E-state index in [-0.39, 0.29) is 18.3 Å². The molecule has 0 spiro atoms.